The Balaban J connectivity index is 2.46. The van der Waals surface area contributed by atoms with Crippen molar-refractivity contribution in [3.63, 3.8) is 0 Å². The van der Waals surface area contributed by atoms with Crippen molar-refractivity contribution < 1.29 is 0 Å². The number of rotatable bonds is 5. The fourth-order valence-corrected chi connectivity index (χ4v) is 1.53. The highest BCUT2D eigenvalue weighted by Gasteiger charge is 2.04. The van der Waals surface area contributed by atoms with Crippen LogP contribution in [0.1, 0.15) is 6.42 Å². The van der Waals surface area contributed by atoms with Gasteiger partial charge >= 0.3 is 0 Å². The minimum Gasteiger partial charge on any atom is -0.382 e. The van der Waals surface area contributed by atoms with Gasteiger partial charge in [-0.2, -0.15) is 11.8 Å². The van der Waals surface area contributed by atoms with Crippen LogP contribution in [0, 0.1) is 0 Å². The van der Waals surface area contributed by atoms with Crippen LogP contribution < -0.4 is 11.1 Å². The molecule has 0 radical (unpaired) electrons. The molecule has 0 fully saturated rings. The maximum absolute atomic E-state index is 5.89. The number of aromatic nitrogens is 2. The maximum atomic E-state index is 5.89. The van der Waals surface area contributed by atoms with E-state index >= 15 is 0 Å². The number of hydrogen-bond acceptors (Lipinski definition) is 5. The first-order valence-electron chi connectivity index (χ1n) is 4.24. The molecule has 1 aromatic rings. The maximum Gasteiger partial charge on any atom is 0.150 e. The monoisotopic (exact) mass is 232 g/mol. The van der Waals surface area contributed by atoms with Crippen LogP contribution in [0.15, 0.2) is 6.33 Å². The number of nitrogens with one attached hydrogen (secondary N) is 1. The molecule has 0 amide bonds. The number of nitrogens with zero attached hydrogens (tertiary/aromatic N) is 2. The Hall–Kier alpha value is -0.680. The van der Waals surface area contributed by atoms with Gasteiger partial charge in [-0.05, 0) is 18.4 Å². The molecule has 6 heteroatoms. The van der Waals surface area contributed by atoms with E-state index in [1.165, 1.54) is 6.33 Å². The summed E-state index contributed by atoms with van der Waals surface area (Å²) in [5, 5.41) is 3.51. The molecule has 0 aromatic carbocycles. The minimum atomic E-state index is 0.314. The number of halogens is 1. The number of thioether (sulfide) groups is 1. The summed E-state index contributed by atoms with van der Waals surface area (Å²) in [7, 11) is 0. The van der Waals surface area contributed by atoms with Crippen molar-refractivity contribution >= 4 is 35.0 Å². The lowest BCUT2D eigenvalue weighted by atomic mass is 10.4. The van der Waals surface area contributed by atoms with E-state index in [0.717, 1.165) is 18.7 Å². The van der Waals surface area contributed by atoms with E-state index in [9.17, 15) is 0 Å². The average Bonchev–Trinajstić information content (AvgIpc) is 2.19. The molecule has 0 atom stereocenters. The van der Waals surface area contributed by atoms with Crippen molar-refractivity contribution in [3.05, 3.63) is 11.3 Å². The van der Waals surface area contributed by atoms with Crippen molar-refractivity contribution in [2.24, 2.45) is 0 Å². The predicted octanol–water partition coefficient (Wildman–Crippen LogP) is 1.88. The van der Waals surface area contributed by atoms with Crippen molar-refractivity contribution in [1.29, 1.82) is 0 Å². The molecular weight excluding hydrogens is 220 g/mol. The molecular formula is C8H13ClN4S. The third kappa shape index (κ3) is 3.23. The van der Waals surface area contributed by atoms with Crippen LogP contribution in [0.3, 0.4) is 0 Å². The molecule has 78 valence electrons. The molecule has 0 saturated carbocycles. The van der Waals surface area contributed by atoms with Gasteiger partial charge in [0, 0.05) is 6.54 Å². The average molecular weight is 233 g/mol. The van der Waals surface area contributed by atoms with E-state index in [4.69, 9.17) is 17.3 Å². The lowest BCUT2D eigenvalue weighted by Gasteiger charge is -2.06. The summed E-state index contributed by atoms with van der Waals surface area (Å²) >= 11 is 7.70. The zero-order valence-corrected chi connectivity index (χ0v) is 9.53. The van der Waals surface area contributed by atoms with Gasteiger partial charge in [0.25, 0.3) is 0 Å². The van der Waals surface area contributed by atoms with Crippen LogP contribution in [0.25, 0.3) is 0 Å². The van der Waals surface area contributed by atoms with Crippen LogP contribution in [0.5, 0.6) is 0 Å². The number of hydrogen-bond donors (Lipinski definition) is 2. The lowest BCUT2D eigenvalue weighted by molar-refractivity contribution is 0.977. The van der Waals surface area contributed by atoms with Crippen LogP contribution >= 0.6 is 23.4 Å². The SMILES string of the molecule is CSCCCNc1ncnc(N)c1Cl. The Bertz CT molecular complexity index is 295. The highest BCUT2D eigenvalue weighted by atomic mass is 35.5. The third-order valence-corrected chi connectivity index (χ3v) is 2.70. The molecule has 14 heavy (non-hydrogen) atoms. The quantitative estimate of drug-likeness (QED) is 0.759. The van der Waals surface area contributed by atoms with Gasteiger partial charge in [-0.3, -0.25) is 0 Å². The third-order valence-electron chi connectivity index (χ3n) is 1.63. The summed E-state index contributed by atoms with van der Waals surface area (Å²) in [6.07, 6.45) is 4.55. The topological polar surface area (TPSA) is 63.8 Å². The van der Waals surface area contributed by atoms with Crippen molar-refractivity contribution in [2.45, 2.75) is 6.42 Å². The molecule has 1 rings (SSSR count). The molecule has 4 nitrogen and oxygen atoms in total. The molecule has 0 aliphatic carbocycles. The summed E-state index contributed by atoms with van der Waals surface area (Å²) in [5.74, 6) is 2.04. The Morgan fingerprint density at radius 2 is 2.36 bits per heavy atom. The van der Waals surface area contributed by atoms with E-state index in [1.807, 2.05) is 11.8 Å². The van der Waals surface area contributed by atoms with Gasteiger partial charge in [0.1, 0.15) is 23.0 Å². The van der Waals surface area contributed by atoms with Gasteiger partial charge in [-0.1, -0.05) is 11.6 Å². The Morgan fingerprint density at radius 3 is 3.07 bits per heavy atom. The van der Waals surface area contributed by atoms with E-state index in [-0.39, 0.29) is 0 Å². The highest BCUT2D eigenvalue weighted by Crippen LogP contribution is 2.22. The van der Waals surface area contributed by atoms with Gasteiger partial charge in [-0.15, -0.1) is 0 Å². The second-order valence-corrected chi connectivity index (χ2v) is 4.06. The number of nitrogen functional groups attached to an aromatic ring is 1. The second-order valence-electron chi connectivity index (χ2n) is 2.69. The molecule has 0 saturated heterocycles. The van der Waals surface area contributed by atoms with Crippen LogP contribution in [0.4, 0.5) is 11.6 Å². The molecule has 1 aromatic heterocycles. The van der Waals surface area contributed by atoms with Crippen molar-refractivity contribution in [3.8, 4) is 0 Å². The van der Waals surface area contributed by atoms with Crippen LogP contribution in [-0.2, 0) is 0 Å². The Kier molecular flexibility index (Phi) is 4.82. The highest BCUT2D eigenvalue weighted by molar-refractivity contribution is 7.98. The van der Waals surface area contributed by atoms with Gasteiger partial charge in [0.2, 0.25) is 0 Å². The summed E-state index contributed by atoms with van der Waals surface area (Å²) in [6.45, 7) is 0.844. The smallest absolute Gasteiger partial charge is 0.150 e. The van der Waals surface area contributed by atoms with Gasteiger partial charge in [0.05, 0.1) is 0 Å². The van der Waals surface area contributed by atoms with Crippen molar-refractivity contribution in [2.75, 3.05) is 29.6 Å². The van der Waals surface area contributed by atoms with E-state index in [0.29, 0.717) is 16.7 Å². The van der Waals surface area contributed by atoms with Gasteiger partial charge in [0.15, 0.2) is 0 Å². The molecule has 0 aliphatic rings. The van der Waals surface area contributed by atoms with E-state index in [1.54, 1.807) is 0 Å². The lowest BCUT2D eigenvalue weighted by Crippen LogP contribution is -2.06. The number of anilines is 2. The summed E-state index contributed by atoms with van der Waals surface area (Å²) in [4.78, 5) is 7.77. The first-order chi connectivity index (χ1) is 6.75. The molecule has 3 N–H and O–H groups in total. The van der Waals surface area contributed by atoms with Gasteiger partial charge < -0.3 is 11.1 Å². The Labute approximate surface area is 92.6 Å². The Morgan fingerprint density at radius 1 is 1.57 bits per heavy atom. The first-order valence-corrected chi connectivity index (χ1v) is 6.01. The molecule has 0 spiro atoms. The first kappa shape index (κ1) is 11.4. The zero-order chi connectivity index (χ0) is 10.4. The summed E-state index contributed by atoms with van der Waals surface area (Å²) in [5.41, 5.74) is 5.52. The van der Waals surface area contributed by atoms with E-state index in [2.05, 4.69) is 21.5 Å². The normalized spacial score (nSPS) is 10.1. The molecule has 1 heterocycles. The minimum absolute atomic E-state index is 0.314. The van der Waals surface area contributed by atoms with Gasteiger partial charge in [-0.25, -0.2) is 9.97 Å². The van der Waals surface area contributed by atoms with E-state index < -0.39 is 0 Å². The predicted molar refractivity (Wildman–Crippen MR) is 62.9 cm³/mol. The zero-order valence-electron chi connectivity index (χ0n) is 7.96. The fraction of sp³-hybridized carbons (Fsp3) is 0.500. The van der Waals surface area contributed by atoms with Crippen LogP contribution in [0.2, 0.25) is 5.02 Å². The number of nitrogens with two attached hydrogens (primary N) is 1. The molecule has 0 unspecified atom stereocenters. The fourth-order valence-electron chi connectivity index (χ4n) is 0.930. The standard InChI is InChI=1S/C8H13ClN4S/c1-14-4-2-3-11-8-6(9)7(10)12-5-13-8/h5H,2-4H2,1H3,(H3,10,11,12,13). The largest absolute Gasteiger partial charge is 0.382 e. The second kappa shape index (κ2) is 5.93. The summed E-state index contributed by atoms with van der Waals surface area (Å²) in [6, 6.07) is 0. The molecule has 0 bridgehead atoms. The van der Waals surface area contributed by atoms with Crippen LogP contribution in [-0.4, -0.2) is 28.5 Å². The molecule has 0 aliphatic heterocycles. The summed E-state index contributed by atoms with van der Waals surface area (Å²) < 4.78 is 0. The van der Waals surface area contributed by atoms with Crippen molar-refractivity contribution in [1.82, 2.24) is 9.97 Å².